The number of nitrogens with one attached hydrogen (secondary N) is 1. The molecule has 0 amide bonds. The average Bonchev–Trinajstić information content (AvgIpc) is 3.24. The highest BCUT2D eigenvalue weighted by atomic mass is 32.2. The van der Waals surface area contributed by atoms with Crippen LogP contribution in [0.2, 0.25) is 0 Å². The summed E-state index contributed by atoms with van der Waals surface area (Å²) in [4.78, 5) is 17.1. The molecule has 0 radical (unpaired) electrons. The number of hydrogen-bond acceptors (Lipinski definition) is 8. The highest BCUT2D eigenvalue weighted by Crippen LogP contribution is 2.21. The van der Waals surface area contributed by atoms with E-state index in [1.807, 2.05) is 0 Å². The lowest BCUT2D eigenvalue weighted by molar-refractivity contribution is -0.384. The number of benzene rings is 2. The van der Waals surface area contributed by atoms with Crippen molar-refractivity contribution in [1.82, 2.24) is 19.8 Å². The Bertz CT molecular complexity index is 1140. The zero-order valence-electron chi connectivity index (χ0n) is 16.5. The minimum absolute atomic E-state index is 0.00164. The van der Waals surface area contributed by atoms with Gasteiger partial charge in [0.25, 0.3) is 5.69 Å². The van der Waals surface area contributed by atoms with Crippen molar-refractivity contribution in [3.8, 4) is 11.4 Å². The van der Waals surface area contributed by atoms with Crippen LogP contribution in [0.1, 0.15) is 18.7 Å². The first-order valence-corrected chi connectivity index (χ1v) is 11.3. The van der Waals surface area contributed by atoms with Crippen molar-refractivity contribution in [3.05, 3.63) is 70.6 Å². The molecule has 1 fully saturated rings. The van der Waals surface area contributed by atoms with E-state index in [0.717, 1.165) is 0 Å². The molecule has 2 aromatic carbocycles. The van der Waals surface area contributed by atoms with Crippen molar-refractivity contribution < 1.29 is 17.9 Å². The van der Waals surface area contributed by atoms with Crippen molar-refractivity contribution in [2.45, 2.75) is 30.3 Å². The molecule has 162 valence electrons. The van der Waals surface area contributed by atoms with Crippen molar-refractivity contribution in [2.75, 3.05) is 13.1 Å². The number of nitro benzene ring substituents is 1. The van der Waals surface area contributed by atoms with Crippen LogP contribution in [0.5, 0.6) is 0 Å². The molecule has 0 aliphatic carbocycles. The van der Waals surface area contributed by atoms with Gasteiger partial charge in [0.1, 0.15) is 0 Å². The maximum Gasteiger partial charge on any atom is 0.269 e. The number of non-ortho nitro benzene ring substituents is 1. The molecule has 1 saturated heterocycles. The van der Waals surface area contributed by atoms with Gasteiger partial charge in [-0.3, -0.25) is 15.0 Å². The summed E-state index contributed by atoms with van der Waals surface area (Å²) in [5, 5.41) is 14.7. The van der Waals surface area contributed by atoms with Crippen molar-refractivity contribution in [2.24, 2.45) is 0 Å². The van der Waals surface area contributed by atoms with Crippen LogP contribution >= 0.6 is 0 Å². The molecule has 10 nitrogen and oxygen atoms in total. The van der Waals surface area contributed by atoms with E-state index in [-0.39, 0.29) is 16.6 Å². The van der Waals surface area contributed by atoms with Crippen molar-refractivity contribution >= 4 is 15.7 Å². The first kappa shape index (κ1) is 21.1. The quantitative estimate of drug-likeness (QED) is 0.435. The maximum atomic E-state index is 12.5. The van der Waals surface area contributed by atoms with E-state index in [9.17, 15) is 18.5 Å². The molecular weight excluding hydrogens is 422 g/mol. The Hall–Kier alpha value is -3.15. The Labute approximate surface area is 179 Å². The second-order valence-electron chi connectivity index (χ2n) is 7.30. The molecule has 31 heavy (non-hydrogen) atoms. The van der Waals surface area contributed by atoms with E-state index in [1.165, 1.54) is 12.1 Å². The summed E-state index contributed by atoms with van der Waals surface area (Å²) in [6.45, 7) is 1.84. The molecule has 1 aromatic heterocycles. The molecule has 1 N–H and O–H groups in total. The Balaban J connectivity index is 1.31. The zero-order chi connectivity index (χ0) is 21.8. The fourth-order valence-electron chi connectivity index (χ4n) is 3.46. The average molecular weight is 443 g/mol. The molecule has 1 aliphatic rings. The van der Waals surface area contributed by atoms with Gasteiger partial charge in [0, 0.05) is 36.8 Å². The molecule has 0 atom stereocenters. The topological polar surface area (TPSA) is 131 Å². The van der Waals surface area contributed by atoms with Gasteiger partial charge in [-0.05, 0) is 37.1 Å². The lowest BCUT2D eigenvalue weighted by Gasteiger charge is -2.31. The van der Waals surface area contributed by atoms with Crippen molar-refractivity contribution in [1.29, 1.82) is 0 Å². The maximum absolute atomic E-state index is 12.5. The molecule has 11 heteroatoms. The monoisotopic (exact) mass is 443 g/mol. The number of aromatic nitrogens is 2. The van der Waals surface area contributed by atoms with E-state index in [0.29, 0.717) is 49.8 Å². The minimum Gasteiger partial charge on any atom is -0.338 e. The summed E-state index contributed by atoms with van der Waals surface area (Å²) in [6, 6.07) is 14.2. The van der Waals surface area contributed by atoms with Crippen LogP contribution in [0.15, 0.2) is 64.0 Å². The molecule has 0 bridgehead atoms. The fourth-order valence-corrected chi connectivity index (χ4v) is 4.78. The first-order chi connectivity index (χ1) is 14.9. The second-order valence-corrected chi connectivity index (χ2v) is 9.01. The third kappa shape index (κ3) is 5.13. The fraction of sp³-hybridized carbons (Fsp3) is 0.300. The number of nitrogens with zero attached hydrogens (tertiary/aromatic N) is 4. The molecule has 4 rings (SSSR count). The number of nitro groups is 1. The molecule has 0 unspecified atom stereocenters. The third-order valence-corrected chi connectivity index (χ3v) is 6.66. The number of piperidine rings is 1. The van der Waals surface area contributed by atoms with E-state index in [1.54, 1.807) is 42.5 Å². The van der Waals surface area contributed by atoms with Crippen LogP contribution in [0.4, 0.5) is 5.69 Å². The molecule has 3 aromatic rings. The molecule has 0 saturated carbocycles. The third-order valence-electron chi connectivity index (χ3n) is 5.13. The normalized spacial score (nSPS) is 15.7. The molecule has 2 heterocycles. The summed E-state index contributed by atoms with van der Waals surface area (Å²) >= 11 is 0. The molecule has 0 spiro atoms. The first-order valence-electron chi connectivity index (χ1n) is 9.78. The van der Waals surface area contributed by atoms with Crippen LogP contribution in [0, 0.1) is 10.1 Å². The molecule has 1 aliphatic heterocycles. The Morgan fingerprint density at radius 1 is 1.10 bits per heavy atom. The van der Waals surface area contributed by atoms with E-state index < -0.39 is 14.9 Å². The Morgan fingerprint density at radius 3 is 2.42 bits per heavy atom. The Kier molecular flexibility index (Phi) is 6.07. The van der Waals surface area contributed by atoms with Crippen LogP contribution in [0.3, 0.4) is 0 Å². The van der Waals surface area contributed by atoms with Crippen LogP contribution in [-0.4, -0.2) is 47.5 Å². The summed E-state index contributed by atoms with van der Waals surface area (Å²) in [5.74, 6) is 0.812. The van der Waals surface area contributed by atoms with Gasteiger partial charge in [0.15, 0.2) is 0 Å². The van der Waals surface area contributed by atoms with E-state index >= 15 is 0 Å². The van der Waals surface area contributed by atoms with Gasteiger partial charge in [-0.15, -0.1) is 0 Å². The number of hydrogen-bond donors (Lipinski definition) is 1. The summed E-state index contributed by atoms with van der Waals surface area (Å²) < 4.78 is 33.0. The number of likely N-dealkylation sites (tertiary alicyclic amines) is 1. The van der Waals surface area contributed by atoms with Gasteiger partial charge >= 0.3 is 0 Å². The summed E-state index contributed by atoms with van der Waals surface area (Å²) in [6.07, 6.45) is 1.35. The van der Waals surface area contributed by atoms with Crippen LogP contribution in [-0.2, 0) is 16.6 Å². The van der Waals surface area contributed by atoms with E-state index in [4.69, 9.17) is 4.52 Å². The SMILES string of the molecule is O=[N+]([O-])c1ccc(-c2noc(CN3CCC(NS(=O)(=O)c4ccccc4)CC3)n2)cc1. The highest BCUT2D eigenvalue weighted by Gasteiger charge is 2.25. The largest absolute Gasteiger partial charge is 0.338 e. The minimum atomic E-state index is -3.52. The summed E-state index contributed by atoms with van der Waals surface area (Å²) in [7, 11) is -3.52. The van der Waals surface area contributed by atoms with Gasteiger partial charge in [0.05, 0.1) is 16.4 Å². The van der Waals surface area contributed by atoms with Crippen LogP contribution in [0.25, 0.3) is 11.4 Å². The number of sulfonamides is 1. The predicted octanol–water partition coefficient (Wildman–Crippen LogP) is 2.59. The second kappa shape index (κ2) is 8.92. The van der Waals surface area contributed by atoms with Gasteiger partial charge in [0.2, 0.25) is 21.7 Å². The summed E-state index contributed by atoms with van der Waals surface area (Å²) in [5.41, 5.74) is 0.632. The predicted molar refractivity (Wildman–Crippen MR) is 111 cm³/mol. The Morgan fingerprint density at radius 2 is 1.77 bits per heavy atom. The van der Waals surface area contributed by atoms with Gasteiger partial charge in [-0.1, -0.05) is 23.4 Å². The van der Waals surface area contributed by atoms with Gasteiger partial charge in [-0.2, -0.15) is 4.98 Å². The van der Waals surface area contributed by atoms with Gasteiger partial charge in [-0.25, -0.2) is 13.1 Å². The standard InChI is InChI=1S/C20H21N5O5S/c26-25(27)17-8-6-15(7-9-17)20-21-19(30-22-20)14-24-12-10-16(11-13-24)23-31(28,29)18-4-2-1-3-5-18/h1-9,16,23H,10-14H2. The number of rotatable bonds is 7. The van der Waals surface area contributed by atoms with E-state index in [2.05, 4.69) is 19.8 Å². The van der Waals surface area contributed by atoms with Crippen LogP contribution < -0.4 is 4.72 Å². The van der Waals surface area contributed by atoms with Gasteiger partial charge < -0.3 is 4.52 Å². The highest BCUT2D eigenvalue weighted by molar-refractivity contribution is 7.89. The van der Waals surface area contributed by atoms with Crippen molar-refractivity contribution in [3.63, 3.8) is 0 Å². The lowest BCUT2D eigenvalue weighted by atomic mass is 10.1. The lowest BCUT2D eigenvalue weighted by Crippen LogP contribution is -2.44. The smallest absolute Gasteiger partial charge is 0.269 e. The molecular formula is C20H21N5O5S. The zero-order valence-corrected chi connectivity index (χ0v) is 17.4.